The predicted molar refractivity (Wildman–Crippen MR) is 128 cm³/mol. The molecular weight excluding hydrogens is 475 g/mol. The number of carbonyl (C=O) groups excluding carboxylic acids is 1. The molecule has 1 atom stereocenters. The number of para-hydroxylation sites is 1. The summed E-state index contributed by atoms with van der Waals surface area (Å²) in [5, 5.41) is 19.2. The molecule has 0 spiro atoms. The minimum absolute atomic E-state index is 0.0859. The lowest BCUT2D eigenvalue weighted by Gasteiger charge is -2.16. The highest BCUT2D eigenvalue weighted by Gasteiger charge is 2.21. The van der Waals surface area contributed by atoms with E-state index in [-0.39, 0.29) is 24.8 Å². The van der Waals surface area contributed by atoms with Gasteiger partial charge in [0.25, 0.3) is 5.91 Å². The number of nitrogens with one attached hydrogen (secondary N) is 1. The zero-order valence-corrected chi connectivity index (χ0v) is 19.8. The Balaban J connectivity index is 1.44. The van der Waals surface area contributed by atoms with E-state index >= 15 is 0 Å². The Hall–Kier alpha value is -3.96. The van der Waals surface area contributed by atoms with Gasteiger partial charge < -0.3 is 24.6 Å². The third kappa shape index (κ3) is 5.58. The van der Waals surface area contributed by atoms with E-state index in [1.54, 1.807) is 30.3 Å². The van der Waals surface area contributed by atoms with Gasteiger partial charge in [-0.25, -0.2) is 14.1 Å². The molecule has 2 N–H and O–H groups in total. The molecule has 1 amide bonds. The third-order valence-electron chi connectivity index (χ3n) is 4.92. The molecule has 0 aliphatic rings. The second-order valence-corrected chi connectivity index (χ2v) is 8.24. The van der Waals surface area contributed by atoms with Crippen LogP contribution in [-0.2, 0) is 0 Å². The van der Waals surface area contributed by atoms with E-state index in [9.17, 15) is 14.3 Å². The first-order valence-electron chi connectivity index (χ1n) is 10.6. The maximum atomic E-state index is 13.4. The van der Waals surface area contributed by atoms with Gasteiger partial charge in [-0.05, 0) is 47.8 Å². The molecule has 35 heavy (non-hydrogen) atoms. The van der Waals surface area contributed by atoms with Crippen molar-refractivity contribution in [2.45, 2.75) is 6.10 Å². The second-order valence-electron chi connectivity index (χ2n) is 7.29. The van der Waals surface area contributed by atoms with Gasteiger partial charge in [0.05, 0.1) is 24.8 Å². The largest absolute Gasteiger partial charge is 0.493 e. The van der Waals surface area contributed by atoms with Crippen molar-refractivity contribution in [3.63, 3.8) is 0 Å². The number of halogens is 1. The van der Waals surface area contributed by atoms with Crippen molar-refractivity contribution in [2.24, 2.45) is 0 Å². The molecule has 0 aliphatic carbocycles. The predicted octanol–water partition coefficient (Wildman–Crippen LogP) is 3.32. The van der Waals surface area contributed by atoms with Gasteiger partial charge in [0.1, 0.15) is 18.5 Å². The van der Waals surface area contributed by atoms with Crippen LogP contribution in [0.25, 0.3) is 16.4 Å². The number of ether oxygens (including phenoxy) is 3. The number of thiophene rings is 1. The van der Waals surface area contributed by atoms with Crippen molar-refractivity contribution < 1.29 is 28.5 Å². The second kappa shape index (κ2) is 11.0. The molecule has 4 rings (SSSR count). The molecule has 11 heteroatoms. The lowest BCUT2D eigenvalue weighted by molar-refractivity contribution is 0.0826. The van der Waals surface area contributed by atoms with Crippen LogP contribution in [0.5, 0.6) is 17.2 Å². The molecule has 0 aliphatic heterocycles. The Morgan fingerprint density at radius 3 is 2.46 bits per heavy atom. The van der Waals surface area contributed by atoms with Gasteiger partial charge in [0, 0.05) is 6.54 Å². The number of methoxy groups -OCH3 is 2. The van der Waals surface area contributed by atoms with Gasteiger partial charge >= 0.3 is 0 Å². The molecule has 0 bridgehead atoms. The lowest BCUT2D eigenvalue weighted by atomic mass is 10.3. The summed E-state index contributed by atoms with van der Waals surface area (Å²) in [5.74, 6) is 0.669. The van der Waals surface area contributed by atoms with Crippen molar-refractivity contribution in [2.75, 3.05) is 27.4 Å². The molecule has 1 unspecified atom stereocenters. The van der Waals surface area contributed by atoms with Crippen LogP contribution in [-0.4, -0.2) is 59.3 Å². The molecule has 0 fully saturated rings. The van der Waals surface area contributed by atoms with Crippen LogP contribution in [0, 0.1) is 5.82 Å². The smallest absolute Gasteiger partial charge is 0.291 e. The fourth-order valence-electron chi connectivity index (χ4n) is 3.22. The highest BCUT2D eigenvalue weighted by atomic mass is 32.1. The summed E-state index contributed by atoms with van der Waals surface area (Å²) >= 11 is 1.44. The fourth-order valence-corrected chi connectivity index (χ4v) is 3.92. The summed E-state index contributed by atoms with van der Waals surface area (Å²) < 4.78 is 31.1. The van der Waals surface area contributed by atoms with Gasteiger partial charge in [-0.2, -0.15) is 0 Å². The number of benzene rings is 2. The van der Waals surface area contributed by atoms with Crippen molar-refractivity contribution in [1.82, 2.24) is 20.1 Å². The van der Waals surface area contributed by atoms with E-state index in [0.29, 0.717) is 28.8 Å². The van der Waals surface area contributed by atoms with Crippen LogP contribution in [0.15, 0.2) is 60.0 Å². The minimum atomic E-state index is -1.02. The van der Waals surface area contributed by atoms with Gasteiger partial charge in [-0.15, -0.1) is 16.4 Å². The maximum Gasteiger partial charge on any atom is 0.291 e. The van der Waals surface area contributed by atoms with Crippen molar-refractivity contribution in [3.8, 4) is 33.6 Å². The van der Waals surface area contributed by atoms with E-state index < -0.39 is 12.0 Å². The fraction of sp³-hybridized carbons (Fsp3) is 0.208. The Kier molecular flexibility index (Phi) is 7.58. The number of rotatable bonds is 10. The Bertz CT molecular complexity index is 1260. The van der Waals surface area contributed by atoms with Gasteiger partial charge in [0.2, 0.25) is 11.6 Å². The van der Waals surface area contributed by atoms with Crippen LogP contribution in [0.2, 0.25) is 0 Å². The van der Waals surface area contributed by atoms with E-state index in [1.807, 2.05) is 17.5 Å². The zero-order chi connectivity index (χ0) is 24.8. The first-order valence-corrected chi connectivity index (χ1v) is 11.4. The first-order chi connectivity index (χ1) is 17.0. The molecule has 0 saturated carbocycles. The molecule has 0 radical (unpaired) electrons. The number of hydrogen-bond acceptors (Lipinski definition) is 8. The number of carbonyl (C=O) groups is 1. The zero-order valence-electron chi connectivity index (χ0n) is 19.0. The number of hydrogen-bond donors (Lipinski definition) is 2. The highest BCUT2D eigenvalue weighted by Crippen LogP contribution is 2.36. The SMILES string of the molecule is COc1cccc(OC)c1OCC(O)CNC(=O)c1nc(-c2cccs2)n(-c2ccc(F)cc2)n1. The Labute approximate surface area is 204 Å². The van der Waals surface area contributed by atoms with Crippen LogP contribution in [0.3, 0.4) is 0 Å². The molecule has 4 aromatic rings. The summed E-state index contributed by atoms with van der Waals surface area (Å²) in [7, 11) is 3.00. The van der Waals surface area contributed by atoms with Crippen LogP contribution in [0.1, 0.15) is 10.6 Å². The van der Waals surface area contributed by atoms with E-state index in [0.717, 1.165) is 4.88 Å². The van der Waals surface area contributed by atoms with Crippen molar-refractivity contribution >= 4 is 17.2 Å². The third-order valence-corrected chi connectivity index (χ3v) is 5.79. The van der Waals surface area contributed by atoms with Crippen molar-refractivity contribution in [1.29, 1.82) is 0 Å². The minimum Gasteiger partial charge on any atom is -0.493 e. The van der Waals surface area contributed by atoms with Gasteiger partial charge in [0.15, 0.2) is 17.3 Å². The van der Waals surface area contributed by atoms with Crippen LogP contribution >= 0.6 is 11.3 Å². The average Bonchev–Trinajstić information content (AvgIpc) is 3.56. The quantitative estimate of drug-likeness (QED) is 0.345. The summed E-state index contributed by atoms with van der Waals surface area (Å²) in [6.07, 6.45) is -1.02. The van der Waals surface area contributed by atoms with E-state index in [4.69, 9.17) is 14.2 Å². The number of aromatic nitrogens is 3. The number of amides is 1. The summed E-state index contributed by atoms with van der Waals surface area (Å²) in [6, 6.07) is 14.6. The lowest BCUT2D eigenvalue weighted by Crippen LogP contribution is -2.35. The maximum absolute atomic E-state index is 13.4. The van der Waals surface area contributed by atoms with Crippen LogP contribution < -0.4 is 19.5 Å². The van der Waals surface area contributed by atoms with E-state index in [2.05, 4.69) is 15.4 Å². The number of nitrogens with zero attached hydrogens (tertiary/aromatic N) is 3. The van der Waals surface area contributed by atoms with Gasteiger partial charge in [-0.1, -0.05) is 12.1 Å². The standard InChI is InChI=1S/C24H23FN4O5S/c1-32-18-5-3-6-19(33-2)21(18)34-14-17(30)13-26-24(31)22-27-23(20-7-4-12-35-20)29(28-22)16-10-8-15(25)9-11-16/h3-12,17,30H,13-14H2,1-2H3,(H,26,31). The topological polar surface area (TPSA) is 108 Å². The molecule has 2 heterocycles. The van der Waals surface area contributed by atoms with Gasteiger partial charge in [-0.3, -0.25) is 4.79 Å². The Morgan fingerprint density at radius 2 is 1.83 bits per heavy atom. The number of aliphatic hydroxyl groups excluding tert-OH is 1. The molecule has 2 aromatic carbocycles. The Morgan fingerprint density at radius 1 is 1.11 bits per heavy atom. The summed E-state index contributed by atoms with van der Waals surface area (Å²) in [4.78, 5) is 17.9. The number of aliphatic hydroxyl groups is 1. The summed E-state index contributed by atoms with van der Waals surface area (Å²) in [6.45, 7) is -0.218. The monoisotopic (exact) mass is 498 g/mol. The molecule has 9 nitrogen and oxygen atoms in total. The molecule has 182 valence electrons. The normalized spacial score (nSPS) is 11.7. The first kappa shape index (κ1) is 24.2. The van der Waals surface area contributed by atoms with Crippen LogP contribution in [0.4, 0.5) is 4.39 Å². The molecule has 0 saturated heterocycles. The van der Waals surface area contributed by atoms with Crippen molar-refractivity contribution in [3.05, 3.63) is 71.6 Å². The summed E-state index contributed by atoms with van der Waals surface area (Å²) in [5.41, 5.74) is 0.556. The average molecular weight is 499 g/mol. The molecular formula is C24H23FN4O5S. The van der Waals surface area contributed by atoms with E-state index in [1.165, 1.54) is 42.4 Å². The molecule has 2 aromatic heterocycles. The highest BCUT2D eigenvalue weighted by molar-refractivity contribution is 7.13.